The van der Waals surface area contributed by atoms with E-state index in [9.17, 15) is 9.59 Å². The van der Waals surface area contributed by atoms with Crippen LogP contribution < -0.4 is 9.80 Å². The second kappa shape index (κ2) is 8.86. The fourth-order valence-corrected chi connectivity index (χ4v) is 4.33. The van der Waals surface area contributed by atoms with Gasteiger partial charge in [-0.2, -0.15) is 0 Å². The Bertz CT molecular complexity index is 1210. The van der Waals surface area contributed by atoms with Gasteiger partial charge in [0, 0.05) is 11.4 Å². The number of hydrogen-bond donors (Lipinski definition) is 0. The second-order valence-electron chi connectivity index (χ2n) is 9.45. The monoisotopic (exact) mass is 440 g/mol. The van der Waals surface area contributed by atoms with E-state index >= 15 is 0 Å². The summed E-state index contributed by atoms with van der Waals surface area (Å²) in [7, 11) is 0. The maximum atomic E-state index is 14.0. The zero-order valence-electron chi connectivity index (χ0n) is 20.3. The molecule has 3 aromatic carbocycles. The van der Waals surface area contributed by atoms with Crippen LogP contribution in [0.5, 0.6) is 0 Å². The molecule has 1 aliphatic rings. The van der Waals surface area contributed by atoms with Crippen molar-refractivity contribution in [1.29, 1.82) is 0 Å². The van der Waals surface area contributed by atoms with Crippen LogP contribution in [0.4, 0.5) is 11.4 Å². The summed E-state index contributed by atoms with van der Waals surface area (Å²) in [5, 5.41) is 0. The molecule has 1 atom stereocenters. The molecule has 3 aromatic rings. The Kier molecular flexibility index (Phi) is 6.11. The molecule has 0 spiro atoms. The van der Waals surface area contributed by atoms with Crippen LogP contribution in [0.3, 0.4) is 0 Å². The van der Waals surface area contributed by atoms with Crippen molar-refractivity contribution in [3.8, 4) is 0 Å². The average molecular weight is 441 g/mol. The summed E-state index contributed by atoms with van der Waals surface area (Å²) in [6.45, 7) is 12.5. The van der Waals surface area contributed by atoms with Gasteiger partial charge in [0.2, 0.25) is 5.91 Å². The summed E-state index contributed by atoms with van der Waals surface area (Å²) in [5.41, 5.74) is 8.06. The molecular weight excluding hydrogens is 408 g/mol. The lowest BCUT2D eigenvalue weighted by Gasteiger charge is -2.40. The number of aryl methyl sites for hydroxylation is 4. The van der Waals surface area contributed by atoms with Crippen LogP contribution in [-0.4, -0.2) is 18.4 Å². The summed E-state index contributed by atoms with van der Waals surface area (Å²) >= 11 is 0. The molecule has 1 aliphatic heterocycles. The van der Waals surface area contributed by atoms with E-state index in [1.165, 1.54) is 5.56 Å². The Morgan fingerprint density at radius 3 is 1.82 bits per heavy atom. The molecular formula is C29H32N2O2. The zero-order valence-corrected chi connectivity index (χ0v) is 20.3. The first-order valence-electron chi connectivity index (χ1n) is 11.5. The minimum absolute atomic E-state index is 0.0227. The van der Waals surface area contributed by atoms with Crippen LogP contribution in [0.25, 0.3) is 0 Å². The van der Waals surface area contributed by atoms with Crippen LogP contribution in [0.2, 0.25) is 0 Å². The first kappa shape index (κ1) is 22.8. The van der Waals surface area contributed by atoms with Gasteiger partial charge in [-0.25, -0.2) is 0 Å². The van der Waals surface area contributed by atoms with Crippen LogP contribution in [0.15, 0.2) is 60.7 Å². The third-order valence-corrected chi connectivity index (χ3v) is 6.81. The highest BCUT2D eigenvalue weighted by Gasteiger charge is 2.42. The van der Waals surface area contributed by atoms with Gasteiger partial charge in [0.25, 0.3) is 5.91 Å². The zero-order chi connectivity index (χ0) is 23.9. The lowest BCUT2D eigenvalue weighted by atomic mass is 9.95. The first-order chi connectivity index (χ1) is 15.7. The highest BCUT2D eigenvalue weighted by atomic mass is 16.2. The molecule has 0 aliphatic carbocycles. The van der Waals surface area contributed by atoms with Crippen LogP contribution in [0, 0.1) is 27.7 Å². The van der Waals surface area contributed by atoms with Gasteiger partial charge in [-0.1, -0.05) is 50.2 Å². The molecule has 1 saturated heterocycles. The molecule has 1 fully saturated rings. The minimum atomic E-state index is -0.712. The van der Waals surface area contributed by atoms with Crippen LogP contribution in [0.1, 0.15) is 59.2 Å². The van der Waals surface area contributed by atoms with E-state index in [4.69, 9.17) is 0 Å². The second-order valence-corrected chi connectivity index (χ2v) is 9.45. The number of benzene rings is 3. The summed E-state index contributed by atoms with van der Waals surface area (Å²) in [5.74, 6) is 0.216. The lowest BCUT2D eigenvalue weighted by molar-refractivity contribution is -0.128. The van der Waals surface area contributed by atoms with E-state index in [1.54, 1.807) is 9.80 Å². The van der Waals surface area contributed by atoms with Crippen molar-refractivity contribution in [1.82, 2.24) is 0 Å². The first-order valence-corrected chi connectivity index (χ1v) is 11.5. The number of rotatable bonds is 4. The predicted molar refractivity (Wildman–Crippen MR) is 135 cm³/mol. The van der Waals surface area contributed by atoms with Crippen molar-refractivity contribution < 1.29 is 9.59 Å². The van der Waals surface area contributed by atoms with Crippen molar-refractivity contribution in [3.05, 3.63) is 94.0 Å². The van der Waals surface area contributed by atoms with E-state index in [0.29, 0.717) is 5.92 Å². The molecule has 2 amide bonds. The number of hydrogen-bond acceptors (Lipinski definition) is 2. The number of nitrogens with zero attached hydrogens (tertiary/aromatic N) is 2. The Morgan fingerprint density at radius 2 is 1.27 bits per heavy atom. The van der Waals surface area contributed by atoms with E-state index in [-0.39, 0.29) is 18.4 Å². The minimum Gasteiger partial charge on any atom is -0.301 e. The SMILES string of the molecule is Cc1ccc(N2CC(=O)N(c3ccc(C)c(C)c3)[C@@H](c3ccc(C(C)C)cc3)C2=O)cc1C. The molecule has 4 rings (SSSR count). The van der Waals surface area contributed by atoms with Crippen LogP contribution in [-0.2, 0) is 9.59 Å². The summed E-state index contributed by atoms with van der Waals surface area (Å²) in [6.07, 6.45) is 0. The number of piperazine rings is 1. The third kappa shape index (κ3) is 4.30. The number of anilines is 2. The molecule has 4 nitrogen and oxygen atoms in total. The van der Waals surface area contributed by atoms with Crippen molar-refractivity contribution in [2.75, 3.05) is 16.3 Å². The largest absolute Gasteiger partial charge is 0.301 e. The van der Waals surface area contributed by atoms with E-state index < -0.39 is 6.04 Å². The van der Waals surface area contributed by atoms with Gasteiger partial charge in [-0.15, -0.1) is 0 Å². The van der Waals surface area contributed by atoms with E-state index in [2.05, 4.69) is 26.0 Å². The highest BCUT2D eigenvalue weighted by molar-refractivity contribution is 6.14. The van der Waals surface area contributed by atoms with Crippen LogP contribution >= 0.6 is 0 Å². The quantitative estimate of drug-likeness (QED) is 0.487. The fourth-order valence-electron chi connectivity index (χ4n) is 4.33. The van der Waals surface area contributed by atoms with Crippen molar-refractivity contribution in [3.63, 3.8) is 0 Å². The Labute approximate surface area is 196 Å². The maximum Gasteiger partial charge on any atom is 0.255 e. The maximum absolute atomic E-state index is 14.0. The van der Waals surface area contributed by atoms with Gasteiger partial charge in [-0.05, 0) is 91.3 Å². The summed E-state index contributed by atoms with van der Waals surface area (Å²) in [6, 6.07) is 19.3. The molecule has 4 heteroatoms. The third-order valence-electron chi connectivity index (χ3n) is 6.81. The molecule has 0 radical (unpaired) electrons. The average Bonchev–Trinajstić information content (AvgIpc) is 2.79. The van der Waals surface area contributed by atoms with Crippen molar-refractivity contribution >= 4 is 23.2 Å². The standard InChI is InChI=1S/C29H32N2O2/c1-18(2)23-9-11-24(12-10-23)28-29(33)30(25-13-7-19(3)21(5)15-25)17-27(32)31(28)26-14-8-20(4)22(6)16-26/h7-16,18,28H,17H2,1-6H3/t28-/m0/s1. The molecule has 1 heterocycles. The van der Waals surface area contributed by atoms with Gasteiger partial charge in [0.15, 0.2) is 0 Å². The predicted octanol–water partition coefficient (Wildman–Crippen LogP) is 6.16. The normalized spacial score (nSPS) is 16.6. The molecule has 0 bridgehead atoms. The molecule has 0 saturated carbocycles. The van der Waals surface area contributed by atoms with E-state index in [0.717, 1.165) is 39.2 Å². The molecule has 170 valence electrons. The summed E-state index contributed by atoms with van der Waals surface area (Å²) in [4.78, 5) is 30.8. The van der Waals surface area contributed by atoms with Crippen molar-refractivity contribution in [2.45, 2.75) is 53.5 Å². The number of carbonyl (C=O) groups is 2. The highest BCUT2D eigenvalue weighted by Crippen LogP contribution is 2.36. The number of amides is 2. The Morgan fingerprint density at radius 1 is 0.727 bits per heavy atom. The smallest absolute Gasteiger partial charge is 0.255 e. The number of carbonyl (C=O) groups excluding carboxylic acids is 2. The molecule has 0 N–H and O–H groups in total. The fraction of sp³-hybridized carbons (Fsp3) is 0.310. The van der Waals surface area contributed by atoms with Gasteiger partial charge in [0.1, 0.15) is 12.6 Å². The Hall–Kier alpha value is -3.40. The van der Waals surface area contributed by atoms with E-state index in [1.807, 2.05) is 76.2 Å². The van der Waals surface area contributed by atoms with Gasteiger partial charge >= 0.3 is 0 Å². The van der Waals surface area contributed by atoms with Gasteiger partial charge in [0.05, 0.1) is 0 Å². The van der Waals surface area contributed by atoms with Gasteiger partial charge < -0.3 is 4.90 Å². The molecule has 0 unspecified atom stereocenters. The van der Waals surface area contributed by atoms with Gasteiger partial charge in [-0.3, -0.25) is 14.5 Å². The van der Waals surface area contributed by atoms with Crippen molar-refractivity contribution in [2.24, 2.45) is 0 Å². The molecule has 33 heavy (non-hydrogen) atoms. The Balaban J connectivity index is 1.82. The summed E-state index contributed by atoms with van der Waals surface area (Å²) < 4.78 is 0. The topological polar surface area (TPSA) is 40.6 Å². The molecule has 0 aromatic heterocycles. The lowest BCUT2D eigenvalue weighted by Crippen LogP contribution is -2.56.